The minimum Gasteiger partial charge on any atom is -0.444 e. The fraction of sp³-hybridized carbons (Fsp3) is 0.600. The molecule has 0 atom stereocenters. The molecule has 1 heterocycles. The molecule has 0 saturated carbocycles. The van der Waals surface area contributed by atoms with E-state index in [-0.39, 0.29) is 0 Å². The molecule has 0 radical (unpaired) electrons. The third kappa shape index (κ3) is 5.91. The molecule has 1 rings (SSSR count). The van der Waals surface area contributed by atoms with Gasteiger partial charge in [0.15, 0.2) is 0 Å². The molecule has 112 valence electrons. The van der Waals surface area contributed by atoms with Crippen molar-refractivity contribution in [3.63, 3.8) is 0 Å². The largest absolute Gasteiger partial charge is 0.444 e. The molecule has 0 aliphatic rings. The number of ether oxygens (including phenoxy) is 1. The minimum atomic E-state index is -0.484. The van der Waals surface area contributed by atoms with Gasteiger partial charge in [-0.2, -0.15) is 0 Å². The van der Waals surface area contributed by atoms with Crippen LogP contribution in [0.5, 0.6) is 0 Å². The number of aryl methyl sites for hydroxylation is 1. The van der Waals surface area contributed by atoms with E-state index in [0.717, 1.165) is 16.9 Å². The number of alkyl carbamates (subject to hydrolysis) is 1. The summed E-state index contributed by atoms with van der Waals surface area (Å²) in [5.74, 6) is 0.846. The summed E-state index contributed by atoms with van der Waals surface area (Å²) in [5.41, 5.74) is 1.58. The van der Waals surface area contributed by atoms with Crippen LogP contribution in [0.15, 0.2) is 12.3 Å². The summed E-state index contributed by atoms with van der Waals surface area (Å²) >= 11 is 0. The number of hydrogen-bond acceptors (Lipinski definition) is 4. The zero-order valence-corrected chi connectivity index (χ0v) is 13.2. The Morgan fingerprint density at radius 1 is 1.40 bits per heavy atom. The average Bonchev–Trinajstić information content (AvgIpc) is 2.24. The third-order valence-corrected chi connectivity index (χ3v) is 2.48. The number of nitrogens with zero attached hydrogens (tertiary/aromatic N) is 1. The molecule has 0 fully saturated rings. The highest BCUT2D eigenvalue weighted by atomic mass is 16.6. The first kappa shape index (κ1) is 16.3. The molecule has 5 heteroatoms. The molecule has 1 aromatic rings. The maximum absolute atomic E-state index is 11.6. The topological polar surface area (TPSA) is 63.2 Å². The lowest BCUT2D eigenvalue weighted by atomic mass is 10.1. The molecular formula is C15H25N3O2. The monoisotopic (exact) mass is 279 g/mol. The van der Waals surface area contributed by atoms with E-state index in [1.54, 1.807) is 6.20 Å². The fourth-order valence-electron chi connectivity index (χ4n) is 1.63. The van der Waals surface area contributed by atoms with E-state index in [4.69, 9.17) is 4.74 Å². The van der Waals surface area contributed by atoms with Gasteiger partial charge in [0, 0.05) is 18.8 Å². The van der Waals surface area contributed by atoms with Gasteiger partial charge in [0.05, 0.1) is 0 Å². The first-order chi connectivity index (χ1) is 9.17. The Hall–Kier alpha value is -1.78. The zero-order valence-electron chi connectivity index (χ0n) is 13.2. The van der Waals surface area contributed by atoms with Crippen molar-refractivity contribution in [2.24, 2.45) is 0 Å². The number of nitrogens with one attached hydrogen (secondary N) is 2. The van der Waals surface area contributed by atoms with E-state index in [2.05, 4.69) is 29.5 Å². The van der Waals surface area contributed by atoms with E-state index >= 15 is 0 Å². The van der Waals surface area contributed by atoms with Gasteiger partial charge in [0.1, 0.15) is 11.4 Å². The maximum atomic E-state index is 11.6. The lowest BCUT2D eigenvalue weighted by Gasteiger charge is -2.20. The van der Waals surface area contributed by atoms with Gasteiger partial charge in [-0.3, -0.25) is 0 Å². The molecule has 0 spiro atoms. The summed E-state index contributed by atoms with van der Waals surface area (Å²) in [6.07, 6.45) is 1.36. The number of anilines is 1. The smallest absolute Gasteiger partial charge is 0.407 e. The van der Waals surface area contributed by atoms with Crippen LogP contribution in [0.3, 0.4) is 0 Å². The van der Waals surface area contributed by atoms with Gasteiger partial charge in [-0.05, 0) is 58.7 Å². The van der Waals surface area contributed by atoms with Crippen LogP contribution in [-0.4, -0.2) is 22.7 Å². The van der Waals surface area contributed by atoms with Crippen LogP contribution < -0.4 is 10.6 Å². The standard InChI is InChI=1S/C15H25N3O2/c1-10(2)18-13-7-11(3)12(8-16-13)9-17-14(19)20-15(4,5)6/h7-8,10H,9H2,1-6H3,(H,16,18)(H,17,19). The van der Waals surface area contributed by atoms with Crippen molar-refractivity contribution >= 4 is 11.9 Å². The van der Waals surface area contributed by atoms with Crippen LogP contribution in [-0.2, 0) is 11.3 Å². The predicted octanol–water partition coefficient (Wildman–Crippen LogP) is 3.24. The second kappa shape index (κ2) is 6.59. The van der Waals surface area contributed by atoms with Crippen molar-refractivity contribution in [2.75, 3.05) is 5.32 Å². The van der Waals surface area contributed by atoms with Crippen molar-refractivity contribution in [1.82, 2.24) is 10.3 Å². The van der Waals surface area contributed by atoms with Gasteiger partial charge < -0.3 is 15.4 Å². The maximum Gasteiger partial charge on any atom is 0.407 e. The first-order valence-corrected chi connectivity index (χ1v) is 6.86. The number of carbonyl (C=O) groups is 1. The van der Waals surface area contributed by atoms with Gasteiger partial charge in [-0.25, -0.2) is 9.78 Å². The molecule has 0 saturated heterocycles. The molecule has 2 N–H and O–H groups in total. The van der Waals surface area contributed by atoms with E-state index in [9.17, 15) is 4.79 Å². The third-order valence-electron chi connectivity index (χ3n) is 2.48. The average molecular weight is 279 g/mol. The van der Waals surface area contributed by atoms with E-state index in [1.807, 2.05) is 33.8 Å². The van der Waals surface area contributed by atoms with Crippen molar-refractivity contribution in [2.45, 2.75) is 59.7 Å². The molecule has 1 amide bonds. The number of rotatable bonds is 4. The van der Waals surface area contributed by atoms with Crippen LogP contribution >= 0.6 is 0 Å². The van der Waals surface area contributed by atoms with Crippen molar-refractivity contribution in [3.8, 4) is 0 Å². The Balaban J connectivity index is 2.59. The van der Waals surface area contributed by atoms with E-state index < -0.39 is 11.7 Å². The molecule has 0 aliphatic carbocycles. The lowest BCUT2D eigenvalue weighted by molar-refractivity contribution is 0.0523. The molecule has 0 aromatic carbocycles. The Labute approximate surface area is 121 Å². The van der Waals surface area contributed by atoms with Crippen LogP contribution in [0, 0.1) is 6.92 Å². The summed E-state index contributed by atoms with van der Waals surface area (Å²) in [6.45, 7) is 12.1. The summed E-state index contributed by atoms with van der Waals surface area (Å²) in [5, 5.41) is 5.98. The molecule has 5 nitrogen and oxygen atoms in total. The second-order valence-electron chi connectivity index (χ2n) is 6.15. The number of amides is 1. The van der Waals surface area contributed by atoms with E-state index in [0.29, 0.717) is 12.6 Å². The highest BCUT2D eigenvalue weighted by molar-refractivity contribution is 5.67. The quantitative estimate of drug-likeness (QED) is 0.888. The van der Waals surface area contributed by atoms with Crippen LogP contribution in [0.4, 0.5) is 10.6 Å². The van der Waals surface area contributed by atoms with Crippen molar-refractivity contribution in [1.29, 1.82) is 0 Å². The fourth-order valence-corrected chi connectivity index (χ4v) is 1.63. The number of hydrogen-bond donors (Lipinski definition) is 2. The van der Waals surface area contributed by atoms with Gasteiger partial charge in [0.2, 0.25) is 0 Å². The van der Waals surface area contributed by atoms with Crippen LogP contribution in [0.2, 0.25) is 0 Å². The molecule has 20 heavy (non-hydrogen) atoms. The number of aromatic nitrogens is 1. The number of pyridine rings is 1. The zero-order chi connectivity index (χ0) is 15.3. The number of carbonyl (C=O) groups excluding carboxylic acids is 1. The first-order valence-electron chi connectivity index (χ1n) is 6.86. The van der Waals surface area contributed by atoms with Gasteiger partial charge in [-0.15, -0.1) is 0 Å². The summed E-state index contributed by atoms with van der Waals surface area (Å²) in [7, 11) is 0. The molecular weight excluding hydrogens is 254 g/mol. The summed E-state index contributed by atoms with van der Waals surface area (Å²) < 4.78 is 5.19. The summed E-state index contributed by atoms with van der Waals surface area (Å²) in [6, 6.07) is 2.32. The highest BCUT2D eigenvalue weighted by Gasteiger charge is 2.16. The predicted molar refractivity (Wildman–Crippen MR) is 80.8 cm³/mol. The van der Waals surface area contributed by atoms with Gasteiger partial charge in [-0.1, -0.05) is 0 Å². The highest BCUT2D eigenvalue weighted by Crippen LogP contribution is 2.13. The second-order valence-corrected chi connectivity index (χ2v) is 6.15. The SMILES string of the molecule is Cc1cc(NC(C)C)ncc1CNC(=O)OC(C)(C)C. The minimum absolute atomic E-state index is 0.340. The van der Waals surface area contributed by atoms with Crippen LogP contribution in [0.25, 0.3) is 0 Å². The Bertz CT molecular complexity index is 465. The normalized spacial score (nSPS) is 11.3. The summed E-state index contributed by atoms with van der Waals surface area (Å²) in [4.78, 5) is 15.9. The molecule has 0 aliphatic heterocycles. The molecule has 0 bridgehead atoms. The Kier molecular flexibility index (Phi) is 5.36. The van der Waals surface area contributed by atoms with Crippen molar-refractivity contribution < 1.29 is 9.53 Å². The van der Waals surface area contributed by atoms with E-state index in [1.165, 1.54) is 0 Å². The molecule has 1 aromatic heterocycles. The lowest BCUT2D eigenvalue weighted by Crippen LogP contribution is -2.32. The van der Waals surface area contributed by atoms with Gasteiger partial charge >= 0.3 is 6.09 Å². The van der Waals surface area contributed by atoms with Crippen molar-refractivity contribution in [3.05, 3.63) is 23.4 Å². The Morgan fingerprint density at radius 3 is 2.55 bits per heavy atom. The van der Waals surface area contributed by atoms with Gasteiger partial charge in [0.25, 0.3) is 0 Å². The molecule has 0 unspecified atom stereocenters. The Morgan fingerprint density at radius 2 is 2.05 bits per heavy atom. The van der Waals surface area contributed by atoms with Crippen LogP contribution in [0.1, 0.15) is 45.7 Å².